The van der Waals surface area contributed by atoms with E-state index in [0.717, 1.165) is 18.7 Å². The minimum Gasteiger partial charge on any atom is -0.378 e. The molecule has 0 saturated carbocycles. The first-order valence-electron chi connectivity index (χ1n) is 6.49. The minimum atomic E-state index is 0.126. The zero-order chi connectivity index (χ0) is 12.5. The quantitative estimate of drug-likeness (QED) is 0.699. The Kier molecular flexibility index (Phi) is 2.96. The number of anilines is 1. The highest BCUT2D eigenvalue weighted by atomic mass is 16.5. The van der Waals surface area contributed by atoms with Crippen LogP contribution in [0, 0.1) is 6.92 Å². The lowest BCUT2D eigenvalue weighted by molar-refractivity contribution is 0.0550. The van der Waals surface area contributed by atoms with Crippen LogP contribution in [0.15, 0.2) is 18.2 Å². The van der Waals surface area contributed by atoms with Gasteiger partial charge in [0, 0.05) is 25.3 Å². The molecule has 2 aliphatic heterocycles. The van der Waals surface area contributed by atoms with E-state index in [1.54, 1.807) is 0 Å². The van der Waals surface area contributed by atoms with Crippen molar-refractivity contribution in [2.24, 2.45) is 0 Å². The summed E-state index contributed by atoms with van der Waals surface area (Å²) in [4.78, 5) is 16.2. The fraction of sp³-hybridized carbons (Fsp3) is 0.500. The molecule has 1 saturated heterocycles. The highest BCUT2D eigenvalue weighted by Crippen LogP contribution is 2.29. The number of nitrogens with zero attached hydrogens (tertiary/aromatic N) is 2. The fourth-order valence-electron chi connectivity index (χ4n) is 2.65. The Morgan fingerprint density at radius 1 is 1.22 bits per heavy atom. The van der Waals surface area contributed by atoms with Crippen molar-refractivity contribution in [2.45, 2.75) is 13.3 Å². The average Bonchev–Trinajstić information content (AvgIpc) is 2.81. The van der Waals surface area contributed by atoms with Gasteiger partial charge in [0.1, 0.15) is 0 Å². The SMILES string of the molecule is Cc1ccc2c(c1)CCN2C(=O)N1CCOCC1. The zero-order valence-electron chi connectivity index (χ0n) is 10.7. The van der Waals surface area contributed by atoms with Gasteiger partial charge in [-0.15, -0.1) is 0 Å². The number of ether oxygens (including phenoxy) is 1. The van der Waals surface area contributed by atoms with Gasteiger partial charge in [-0.3, -0.25) is 4.90 Å². The van der Waals surface area contributed by atoms with E-state index in [4.69, 9.17) is 4.74 Å². The Balaban J connectivity index is 1.80. The molecule has 3 rings (SSSR count). The summed E-state index contributed by atoms with van der Waals surface area (Å²) in [5, 5.41) is 0. The van der Waals surface area contributed by atoms with Crippen LogP contribution in [-0.2, 0) is 11.2 Å². The lowest BCUT2D eigenvalue weighted by Crippen LogP contribution is -2.47. The maximum Gasteiger partial charge on any atom is 0.324 e. The largest absolute Gasteiger partial charge is 0.378 e. The van der Waals surface area contributed by atoms with Crippen molar-refractivity contribution >= 4 is 11.7 Å². The summed E-state index contributed by atoms with van der Waals surface area (Å²) in [6, 6.07) is 6.45. The maximum absolute atomic E-state index is 12.4. The standard InChI is InChI=1S/C14H18N2O2/c1-11-2-3-13-12(10-11)4-5-16(13)14(17)15-6-8-18-9-7-15/h2-3,10H,4-9H2,1H3. The number of urea groups is 1. The zero-order valence-corrected chi connectivity index (χ0v) is 10.7. The molecule has 2 amide bonds. The van der Waals surface area contributed by atoms with Crippen molar-refractivity contribution in [3.8, 4) is 0 Å². The van der Waals surface area contributed by atoms with Crippen LogP contribution < -0.4 is 4.90 Å². The second-order valence-corrected chi connectivity index (χ2v) is 4.92. The van der Waals surface area contributed by atoms with Gasteiger partial charge in [0.2, 0.25) is 0 Å². The molecule has 0 aromatic heterocycles. The van der Waals surface area contributed by atoms with Crippen molar-refractivity contribution < 1.29 is 9.53 Å². The molecule has 1 aromatic carbocycles. The summed E-state index contributed by atoms with van der Waals surface area (Å²) in [7, 11) is 0. The number of hydrogen-bond acceptors (Lipinski definition) is 2. The molecule has 4 heteroatoms. The number of aryl methyl sites for hydroxylation is 1. The lowest BCUT2D eigenvalue weighted by atomic mass is 10.1. The van der Waals surface area contributed by atoms with Gasteiger partial charge >= 0.3 is 6.03 Å². The van der Waals surface area contributed by atoms with Gasteiger partial charge in [0.25, 0.3) is 0 Å². The molecule has 0 radical (unpaired) electrons. The molecule has 1 aromatic rings. The molecule has 0 N–H and O–H groups in total. The smallest absolute Gasteiger partial charge is 0.324 e. The Morgan fingerprint density at radius 3 is 2.78 bits per heavy atom. The summed E-state index contributed by atoms with van der Waals surface area (Å²) in [5.41, 5.74) is 3.63. The summed E-state index contributed by atoms with van der Waals surface area (Å²) in [6.45, 7) is 5.61. The summed E-state index contributed by atoms with van der Waals surface area (Å²) < 4.78 is 5.29. The number of benzene rings is 1. The monoisotopic (exact) mass is 246 g/mol. The molecular formula is C14H18N2O2. The van der Waals surface area contributed by atoms with E-state index in [2.05, 4.69) is 25.1 Å². The van der Waals surface area contributed by atoms with Crippen LogP contribution in [0.4, 0.5) is 10.5 Å². The number of rotatable bonds is 0. The molecule has 96 valence electrons. The number of hydrogen-bond donors (Lipinski definition) is 0. The van der Waals surface area contributed by atoms with E-state index in [1.165, 1.54) is 11.1 Å². The first-order chi connectivity index (χ1) is 8.75. The number of morpholine rings is 1. The van der Waals surface area contributed by atoms with E-state index < -0.39 is 0 Å². The van der Waals surface area contributed by atoms with Gasteiger partial charge in [0.15, 0.2) is 0 Å². The van der Waals surface area contributed by atoms with E-state index in [9.17, 15) is 4.79 Å². The fourth-order valence-corrected chi connectivity index (χ4v) is 2.65. The van der Waals surface area contributed by atoms with E-state index in [-0.39, 0.29) is 6.03 Å². The number of carbonyl (C=O) groups excluding carboxylic acids is 1. The van der Waals surface area contributed by atoms with Gasteiger partial charge in [-0.2, -0.15) is 0 Å². The maximum atomic E-state index is 12.4. The Bertz CT molecular complexity index is 467. The molecule has 0 atom stereocenters. The highest BCUT2D eigenvalue weighted by Gasteiger charge is 2.28. The van der Waals surface area contributed by atoms with Crippen LogP contribution in [-0.4, -0.2) is 43.8 Å². The van der Waals surface area contributed by atoms with Crippen LogP contribution in [0.1, 0.15) is 11.1 Å². The molecular weight excluding hydrogens is 228 g/mol. The lowest BCUT2D eigenvalue weighted by Gasteiger charge is -2.31. The predicted octanol–water partition coefficient (Wildman–Crippen LogP) is 1.81. The van der Waals surface area contributed by atoms with Crippen LogP contribution in [0.2, 0.25) is 0 Å². The van der Waals surface area contributed by atoms with Crippen molar-refractivity contribution in [1.82, 2.24) is 4.90 Å². The molecule has 4 nitrogen and oxygen atoms in total. The molecule has 18 heavy (non-hydrogen) atoms. The van der Waals surface area contributed by atoms with Crippen LogP contribution >= 0.6 is 0 Å². The van der Waals surface area contributed by atoms with Gasteiger partial charge in [0.05, 0.1) is 13.2 Å². The average molecular weight is 246 g/mol. The van der Waals surface area contributed by atoms with Gasteiger partial charge in [-0.05, 0) is 25.0 Å². The molecule has 2 aliphatic rings. The number of carbonyl (C=O) groups is 1. The number of amides is 2. The topological polar surface area (TPSA) is 32.8 Å². The van der Waals surface area contributed by atoms with Crippen LogP contribution in [0.5, 0.6) is 0 Å². The van der Waals surface area contributed by atoms with Crippen molar-refractivity contribution in [3.63, 3.8) is 0 Å². The molecule has 0 spiro atoms. The Labute approximate surface area is 107 Å². The minimum absolute atomic E-state index is 0.126. The third-order valence-corrected chi connectivity index (χ3v) is 3.64. The van der Waals surface area contributed by atoms with Gasteiger partial charge in [-0.25, -0.2) is 4.79 Å². The predicted molar refractivity (Wildman–Crippen MR) is 70.0 cm³/mol. The number of fused-ring (bicyclic) bond motifs is 1. The van der Waals surface area contributed by atoms with Gasteiger partial charge < -0.3 is 9.64 Å². The molecule has 0 aliphatic carbocycles. The van der Waals surface area contributed by atoms with E-state index in [1.807, 2.05) is 9.80 Å². The normalized spacial score (nSPS) is 18.9. The Morgan fingerprint density at radius 2 is 2.00 bits per heavy atom. The second kappa shape index (κ2) is 4.61. The van der Waals surface area contributed by atoms with E-state index >= 15 is 0 Å². The molecule has 0 unspecified atom stereocenters. The molecule has 1 fully saturated rings. The summed E-state index contributed by atoms with van der Waals surface area (Å²) in [6.07, 6.45) is 0.965. The third-order valence-electron chi connectivity index (χ3n) is 3.64. The highest BCUT2D eigenvalue weighted by molar-refractivity contribution is 5.94. The first-order valence-corrected chi connectivity index (χ1v) is 6.49. The molecule has 0 bridgehead atoms. The van der Waals surface area contributed by atoms with Crippen LogP contribution in [0.3, 0.4) is 0 Å². The summed E-state index contributed by atoms with van der Waals surface area (Å²) >= 11 is 0. The second-order valence-electron chi connectivity index (χ2n) is 4.92. The van der Waals surface area contributed by atoms with Crippen molar-refractivity contribution in [3.05, 3.63) is 29.3 Å². The van der Waals surface area contributed by atoms with Crippen molar-refractivity contribution in [2.75, 3.05) is 37.7 Å². The van der Waals surface area contributed by atoms with Crippen LogP contribution in [0.25, 0.3) is 0 Å². The third kappa shape index (κ3) is 1.97. The Hall–Kier alpha value is -1.55. The van der Waals surface area contributed by atoms with Gasteiger partial charge in [-0.1, -0.05) is 17.7 Å². The van der Waals surface area contributed by atoms with E-state index in [0.29, 0.717) is 26.3 Å². The molecule has 2 heterocycles. The van der Waals surface area contributed by atoms with Crippen molar-refractivity contribution in [1.29, 1.82) is 0 Å². The summed E-state index contributed by atoms with van der Waals surface area (Å²) in [5.74, 6) is 0. The first kappa shape index (κ1) is 11.5.